The number of aryl methyl sites for hydroxylation is 1. The van der Waals surface area contributed by atoms with Crippen molar-refractivity contribution in [2.24, 2.45) is 0 Å². The van der Waals surface area contributed by atoms with Gasteiger partial charge in [0.1, 0.15) is 0 Å². The minimum absolute atomic E-state index is 0.388. The molecule has 0 unspecified atom stereocenters. The molecule has 0 atom stereocenters. The lowest BCUT2D eigenvalue weighted by atomic mass is 10.1. The number of rotatable bonds is 1. The Morgan fingerprint density at radius 3 is 2.14 bits per heavy atom. The van der Waals surface area contributed by atoms with Gasteiger partial charge in [0.05, 0.1) is 0 Å². The molecule has 0 spiro atoms. The fourth-order valence-corrected chi connectivity index (χ4v) is 0.967. The molecule has 0 aliphatic rings. The maximum absolute atomic E-state index is 11.7. The van der Waals surface area contributed by atoms with E-state index in [2.05, 4.69) is 5.92 Å². The van der Waals surface area contributed by atoms with E-state index in [1.165, 1.54) is 5.92 Å². The van der Waals surface area contributed by atoms with Crippen LogP contribution in [0.15, 0.2) is 24.3 Å². The van der Waals surface area contributed by atoms with Crippen molar-refractivity contribution >= 4 is 0 Å². The van der Waals surface area contributed by atoms with Crippen molar-refractivity contribution in [3.63, 3.8) is 0 Å². The van der Waals surface area contributed by atoms with Crippen LogP contribution in [0.1, 0.15) is 18.1 Å². The third kappa shape index (κ3) is 3.53. The summed E-state index contributed by atoms with van der Waals surface area (Å²) in [5, 5.41) is 0. The first-order valence-electron chi connectivity index (χ1n) is 4.20. The van der Waals surface area contributed by atoms with Crippen LogP contribution >= 0.6 is 0 Å². The van der Waals surface area contributed by atoms with Crippen molar-refractivity contribution in [1.29, 1.82) is 0 Å². The predicted octanol–water partition coefficient (Wildman–Crippen LogP) is 3.16. The molecule has 1 aromatic carbocycles. The van der Waals surface area contributed by atoms with Crippen molar-refractivity contribution in [2.45, 2.75) is 19.5 Å². The number of hydrogen-bond acceptors (Lipinski definition) is 0. The standard InChI is InChI=1S/C11H9F3/c1-2-9-3-5-10(6-4-9)7-8-11(12,13)14/h3-6H,2H2,1H3. The van der Waals surface area contributed by atoms with Crippen molar-refractivity contribution in [3.05, 3.63) is 35.4 Å². The second-order valence-corrected chi connectivity index (χ2v) is 2.80. The van der Waals surface area contributed by atoms with Gasteiger partial charge >= 0.3 is 6.18 Å². The van der Waals surface area contributed by atoms with E-state index in [1.54, 1.807) is 24.3 Å². The Hall–Kier alpha value is -1.43. The van der Waals surface area contributed by atoms with Crippen LogP contribution < -0.4 is 0 Å². The number of alkyl halides is 3. The van der Waals surface area contributed by atoms with Crippen LogP contribution in [0, 0.1) is 11.8 Å². The molecule has 0 fully saturated rings. The molecule has 14 heavy (non-hydrogen) atoms. The molecule has 0 nitrogen and oxygen atoms in total. The lowest BCUT2D eigenvalue weighted by Gasteiger charge is -1.96. The lowest BCUT2D eigenvalue weighted by molar-refractivity contribution is -0.0696. The van der Waals surface area contributed by atoms with E-state index in [9.17, 15) is 13.2 Å². The van der Waals surface area contributed by atoms with E-state index in [4.69, 9.17) is 0 Å². The van der Waals surface area contributed by atoms with Crippen molar-refractivity contribution in [1.82, 2.24) is 0 Å². The Bertz CT molecular complexity index is 349. The molecule has 3 heteroatoms. The normalized spacial score (nSPS) is 10.6. The first kappa shape index (κ1) is 10.6. The van der Waals surface area contributed by atoms with Gasteiger partial charge in [0.2, 0.25) is 0 Å². The molecule has 0 aliphatic carbocycles. The van der Waals surface area contributed by atoms with Gasteiger partial charge in [-0.15, -0.1) is 0 Å². The Kier molecular flexibility index (Phi) is 3.19. The highest BCUT2D eigenvalue weighted by atomic mass is 19.4. The van der Waals surface area contributed by atoms with Gasteiger partial charge in [-0.1, -0.05) is 25.0 Å². The second kappa shape index (κ2) is 4.19. The summed E-state index contributed by atoms with van der Waals surface area (Å²) in [6.45, 7) is 1.98. The smallest absolute Gasteiger partial charge is 0.159 e. The first-order chi connectivity index (χ1) is 6.51. The molecule has 74 valence electrons. The molecule has 0 saturated heterocycles. The van der Waals surface area contributed by atoms with Crippen LogP contribution in [0.25, 0.3) is 0 Å². The van der Waals surface area contributed by atoms with E-state index < -0.39 is 6.18 Å². The minimum Gasteiger partial charge on any atom is -0.159 e. The average molecular weight is 198 g/mol. The quantitative estimate of drug-likeness (QED) is 0.608. The molecule has 0 bridgehead atoms. The summed E-state index contributed by atoms with van der Waals surface area (Å²) in [4.78, 5) is 0. The van der Waals surface area contributed by atoms with Gasteiger partial charge in [-0.2, -0.15) is 13.2 Å². The molecule has 0 N–H and O–H groups in total. The van der Waals surface area contributed by atoms with Crippen molar-refractivity contribution in [2.75, 3.05) is 0 Å². The monoisotopic (exact) mass is 198 g/mol. The van der Waals surface area contributed by atoms with Crippen LogP contribution in [0.5, 0.6) is 0 Å². The number of benzene rings is 1. The summed E-state index contributed by atoms with van der Waals surface area (Å²) in [5.41, 5.74) is 1.47. The Labute approximate surface area is 80.8 Å². The van der Waals surface area contributed by atoms with Gasteiger partial charge in [0.25, 0.3) is 0 Å². The van der Waals surface area contributed by atoms with Crippen molar-refractivity contribution in [3.8, 4) is 11.8 Å². The summed E-state index contributed by atoms with van der Waals surface area (Å²) in [7, 11) is 0. The fourth-order valence-electron chi connectivity index (χ4n) is 0.967. The highest BCUT2D eigenvalue weighted by Gasteiger charge is 2.22. The van der Waals surface area contributed by atoms with Gasteiger partial charge in [-0.3, -0.25) is 0 Å². The van der Waals surface area contributed by atoms with Crippen LogP contribution in [-0.2, 0) is 6.42 Å². The Balaban J connectivity index is 2.82. The molecule has 0 aliphatic heterocycles. The largest absolute Gasteiger partial charge is 0.458 e. The summed E-state index contributed by atoms with van der Waals surface area (Å²) in [6, 6.07) is 6.75. The van der Waals surface area contributed by atoms with E-state index in [0.717, 1.165) is 12.0 Å². The van der Waals surface area contributed by atoms with Crippen LogP contribution in [-0.4, -0.2) is 6.18 Å². The Morgan fingerprint density at radius 2 is 1.71 bits per heavy atom. The Morgan fingerprint density at radius 1 is 1.14 bits per heavy atom. The molecule has 0 heterocycles. The van der Waals surface area contributed by atoms with Gasteiger partial charge < -0.3 is 0 Å². The summed E-state index contributed by atoms with van der Waals surface area (Å²) >= 11 is 0. The zero-order valence-corrected chi connectivity index (χ0v) is 7.65. The lowest BCUT2D eigenvalue weighted by Crippen LogP contribution is -2.01. The van der Waals surface area contributed by atoms with Gasteiger partial charge in [0, 0.05) is 11.5 Å². The SMILES string of the molecule is CCc1ccc(C#CC(F)(F)F)cc1. The molecule has 0 aromatic heterocycles. The van der Waals surface area contributed by atoms with E-state index in [-0.39, 0.29) is 0 Å². The molecule has 1 aromatic rings. The molecular formula is C11H9F3. The van der Waals surface area contributed by atoms with Crippen LogP contribution in [0.2, 0.25) is 0 Å². The highest BCUT2D eigenvalue weighted by Crippen LogP contribution is 2.12. The van der Waals surface area contributed by atoms with Gasteiger partial charge in [0.15, 0.2) is 0 Å². The molecule has 0 radical (unpaired) electrons. The molecule has 1 rings (SSSR count). The third-order valence-electron chi connectivity index (χ3n) is 1.71. The van der Waals surface area contributed by atoms with Gasteiger partial charge in [-0.25, -0.2) is 0 Å². The number of halogens is 3. The first-order valence-corrected chi connectivity index (χ1v) is 4.20. The summed E-state index contributed by atoms with van der Waals surface area (Å²) in [6.07, 6.45) is -3.55. The van der Waals surface area contributed by atoms with Crippen LogP contribution in [0.3, 0.4) is 0 Å². The van der Waals surface area contributed by atoms with Gasteiger partial charge in [-0.05, 0) is 24.1 Å². The summed E-state index contributed by atoms with van der Waals surface area (Å²) < 4.78 is 35.1. The molecule has 0 saturated carbocycles. The predicted molar refractivity (Wildman–Crippen MR) is 48.8 cm³/mol. The molecular weight excluding hydrogens is 189 g/mol. The second-order valence-electron chi connectivity index (χ2n) is 2.80. The molecule has 0 amide bonds. The third-order valence-corrected chi connectivity index (χ3v) is 1.71. The maximum Gasteiger partial charge on any atom is 0.458 e. The number of hydrogen-bond donors (Lipinski definition) is 0. The maximum atomic E-state index is 11.7. The van der Waals surface area contributed by atoms with E-state index >= 15 is 0 Å². The highest BCUT2D eigenvalue weighted by molar-refractivity contribution is 5.36. The topological polar surface area (TPSA) is 0 Å². The fraction of sp³-hybridized carbons (Fsp3) is 0.273. The zero-order valence-electron chi connectivity index (χ0n) is 7.65. The van der Waals surface area contributed by atoms with E-state index in [1.807, 2.05) is 6.92 Å². The average Bonchev–Trinajstić information content (AvgIpc) is 2.14. The summed E-state index contributed by atoms with van der Waals surface area (Å²) in [5.74, 6) is 3.29. The van der Waals surface area contributed by atoms with E-state index in [0.29, 0.717) is 5.56 Å². The van der Waals surface area contributed by atoms with Crippen LogP contribution in [0.4, 0.5) is 13.2 Å². The zero-order chi connectivity index (χ0) is 10.6. The van der Waals surface area contributed by atoms with Crippen molar-refractivity contribution < 1.29 is 13.2 Å². The minimum atomic E-state index is -4.41.